The van der Waals surface area contributed by atoms with E-state index >= 15 is 0 Å². The quantitative estimate of drug-likeness (QED) is 0.632. The Labute approximate surface area is 112 Å². The van der Waals surface area contributed by atoms with Crippen LogP contribution >= 0.6 is 0 Å². The predicted octanol–water partition coefficient (Wildman–Crippen LogP) is 2.62. The van der Waals surface area contributed by atoms with E-state index < -0.39 is 29.0 Å². The molecule has 0 spiro atoms. The normalized spacial score (nSPS) is 25.1. The fourth-order valence-electron chi connectivity index (χ4n) is 2.38. The van der Waals surface area contributed by atoms with Gasteiger partial charge in [0, 0.05) is 11.0 Å². The maximum Gasteiger partial charge on any atom is 0.399 e. The average molecular weight is 291 g/mol. The van der Waals surface area contributed by atoms with Crippen LogP contribution in [0.2, 0.25) is 0 Å². The van der Waals surface area contributed by atoms with E-state index in [1.54, 1.807) is 0 Å². The molecular formula is C12H12F3NO4. The lowest BCUT2D eigenvalue weighted by atomic mass is 10.1. The van der Waals surface area contributed by atoms with Crippen LogP contribution in [0.25, 0.3) is 0 Å². The van der Waals surface area contributed by atoms with Gasteiger partial charge in [-0.1, -0.05) is 0 Å². The third-order valence-corrected chi connectivity index (χ3v) is 3.36. The number of rotatable bonds is 4. The lowest BCUT2D eigenvalue weighted by molar-refractivity contribution is -0.503. The molecule has 1 saturated carbocycles. The van der Waals surface area contributed by atoms with Crippen molar-refractivity contribution < 1.29 is 27.6 Å². The summed E-state index contributed by atoms with van der Waals surface area (Å²) in [7, 11) is 2.72. The van der Waals surface area contributed by atoms with Gasteiger partial charge in [-0.3, -0.25) is 10.1 Å². The molecule has 1 aromatic carbocycles. The largest absolute Gasteiger partial charge is 0.497 e. The molecule has 0 saturated heterocycles. The molecule has 110 valence electrons. The summed E-state index contributed by atoms with van der Waals surface area (Å²) in [5.41, 5.74) is 0.199. The molecule has 0 aromatic heterocycles. The minimum Gasteiger partial charge on any atom is -0.497 e. The van der Waals surface area contributed by atoms with Gasteiger partial charge in [0.1, 0.15) is 17.4 Å². The van der Waals surface area contributed by atoms with Crippen LogP contribution in [0, 0.1) is 16.0 Å². The smallest absolute Gasteiger partial charge is 0.399 e. The van der Waals surface area contributed by atoms with Crippen LogP contribution in [0.3, 0.4) is 0 Å². The van der Waals surface area contributed by atoms with Crippen molar-refractivity contribution in [3.63, 3.8) is 0 Å². The Morgan fingerprint density at radius 2 is 1.65 bits per heavy atom. The molecule has 1 aliphatic rings. The number of hydrogen-bond donors (Lipinski definition) is 0. The number of methoxy groups -OCH3 is 2. The van der Waals surface area contributed by atoms with Gasteiger partial charge in [-0.15, -0.1) is 0 Å². The van der Waals surface area contributed by atoms with Gasteiger partial charge >= 0.3 is 6.18 Å². The van der Waals surface area contributed by atoms with Gasteiger partial charge < -0.3 is 9.47 Å². The van der Waals surface area contributed by atoms with E-state index in [0.29, 0.717) is 11.5 Å². The second-order valence-corrected chi connectivity index (χ2v) is 4.52. The number of halogens is 3. The molecule has 0 bridgehead atoms. The summed E-state index contributed by atoms with van der Waals surface area (Å²) in [4.78, 5) is 9.87. The van der Waals surface area contributed by atoms with Crippen LogP contribution in [0.5, 0.6) is 11.5 Å². The van der Waals surface area contributed by atoms with E-state index in [4.69, 9.17) is 9.47 Å². The van der Waals surface area contributed by atoms with Crippen molar-refractivity contribution in [2.45, 2.75) is 18.1 Å². The maximum absolute atomic E-state index is 12.8. The van der Waals surface area contributed by atoms with E-state index in [1.807, 2.05) is 0 Å². The number of nitrogens with zero attached hydrogens (tertiary/aromatic N) is 1. The molecule has 8 heteroatoms. The molecule has 0 amide bonds. The molecule has 1 aromatic rings. The summed E-state index contributed by atoms with van der Waals surface area (Å²) >= 11 is 0. The van der Waals surface area contributed by atoms with Gasteiger partial charge in [0.15, 0.2) is 0 Å². The number of alkyl halides is 3. The van der Waals surface area contributed by atoms with Crippen molar-refractivity contribution in [2.75, 3.05) is 14.2 Å². The summed E-state index contributed by atoms with van der Waals surface area (Å²) in [6.07, 6.45) is -4.60. The van der Waals surface area contributed by atoms with Crippen molar-refractivity contribution in [1.29, 1.82) is 0 Å². The Hall–Kier alpha value is -1.99. The average Bonchev–Trinajstić information content (AvgIpc) is 3.13. The van der Waals surface area contributed by atoms with Gasteiger partial charge in [-0.25, -0.2) is 0 Å². The lowest BCUT2D eigenvalue weighted by Gasteiger charge is -2.08. The highest BCUT2D eigenvalue weighted by Gasteiger charge is 2.73. The van der Waals surface area contributed by atoms with Crippen molar-refractivity contribution in [2.24, 2.45) is 5.92 Å². The molecule has 0 radical (unpaired) electrons. The van der Waals surface area contributed by atoms with Crippen LogP contribution in [0.15, 0.2) is 18.2 Å². The minimum atomic E-state index is -4.60. The van der Waals surface area contributed by atoms with Crippen molar-refractivity contribution in [3.05, 3.63) is 33.9 Å². The molecule has 1 aliphatic carbocycles. The highest BCUT2D eigenvalue weighted by Crippen LogP contribution is 2.58. The molecule has 0 unspecified atom stereocenters. The van der Waals surface area contributed by atoms with E-state index in [9.17, 15) is 23.3 Å². The highest BCUT2D eigenvalue weighted by molar-refractivity contribution is 5.43. The van der Waals surface area contributed by atoms with Crippen LogP contribution in [0.1, 0.15) is 11.5 Å². The van der Waals surface area contributed by atoms with Crippen LogP contribution in [-0.2, 0) is 0 Å². The van der Waals surface area contributed by atoms with E-state index in [2.05, 4.69) is 0 Å². The first kappa shape index (κ1) is 14.4. The fourth-order valence-corrected chi connectivity index (χ4v) is 2.38. The standard InChI is InChI=1S/C12H12F3NO4/c1-19-7-3-6(4-8(5-7)20-2)9-10(12(13,14)15)11(9)16(17)18/h3-5,9-11H,1-2H3/t9-,10+,11+/m0/s1. The first-order chi connectivity index (χ1) is 9.29. The van der Waals surface area contributed by atoms with Gasteiger partial charge in [0.05, 0.1) is 20.1 Å². The highest BCUT2D eigenvalue weighted by atomic mass is 19.4. The number of benzene rings is 1. The van der Waals surface area contributed by atoms with Crippen LogP contribution in [-0.4, -0.2) is 31.4 Å². The lowest BCUT2D eigenvalue weighted by Crippen LogP contribution is -2.17. The van der Waals surface area contributed by atoms with Gasteiger partial charge in [0.2, 0.25) is 6.04 Å². The van der Waals surface area contributed by atoms with Gasteiger partial charge in [-0.2, -0.15) is 13.2 Å². The first-order valence-corrected chi connectivity index (χ1v) is 5.72. The number of nitro groups is 1. The Kier molecular flexibility index (Phi) is 3.49. The molecule has 1 fully saturated rings. The SMILES string of the molecule is COc1cc(OC)cc([C@@H]2[C@@H]([N+](=O)[O-])[C@@H]2C(F)(F)F)c1. The van der Waals surface area contributed by atoms with Crippen LogP contribution < -0.4 is 9.47 Å². The third kappa shape index (κ3) is 2.50. The zero-order chi connectivity index (χ0) is 15.1. The third-order valence-electron chi connectivity index (χ3n) is 3.36. The van der Waals surface area contributed by atoms with Gasteiger partial charge in [-0.05, 0) is 17.7 Å². The maximum atomic E-state index is 12.8. The second-order valence-electron chi connectivity index (χ2n) is 4.52. The van der Waals surface area contributed by atoms with Gasteiger partial charge in [0.25, 0.3) is 0 Å². The zero-order valence-electron chi connectivity index (χ0n) is 10.7. The topological polar surface area (TPSA) is 61.6 Å². The van der Waals surface area contributed by atoms with Crippen molar-refractivity contribution in [1.82, 2.24) is 0 Å². The zero-order valence-corrected chi connectivity index (χ0v) is 10.7. The molecule has 5 nitrogen and oxygen atoms in total. The Morgan fingerprint density at radius 1 is 1.15 bits per heavy atom. The van der Waals surface area contributed by atoms with E-state index in [-0.39, 0.29) is 5.56 Å². The molecule has 2 rings (SSSR count). The fraction of sp³-hybridized carbons (Fsp3) is 0.500. The molecule has 0 N–H and O–H groups in total. The van der Waals surface area contributed by atoms with Crippen LogP contribution in [0.4, 0.5) is 13.2 Å². The summed E-state index contributed by atoms with van der Waals surface area (Å²) in [5.74, 6) is -2.56. The first-order valence-electron chi connectivity index (χ1n) is 5.72. The monoisotopic (exact) mass is 291 g/mol. The summed E-state index contributed by atoms with van der Waals surface area (Å²) in [5, 5.41) is 10.8. The Morgan fingerprint density at radius 3 is 1.95 bits per heavy atom. The molecule has 20 heavy (non-hydrogen) atoms. The van der Waals surface area contributed by atoms with Crippen molar-refractivity contribution in [3.8, 4) is 11.5 Å². The predicted molar refractivity (Wildman–Crippen MR) is 62.6 cm³/mol. The molecule has 0 aliphatic heterocycles. The molecule has 3 atom stereocenters. The summed E-state index contributed by atoms with van der Waals surface area (Å²) < 4.78 is 48.3. The second kappa shape index (κ2) is 4.84. The van der Waals surface area contributed by atoms with Crippen molar-refractivity contribution >= 4 is 0 Å². The molecular weight excluding hydrogens is 279 g/mol. The Bertz CT molecular complexity index is 510. The van der Waals surface area contributed by atoms with E-state index in [0.717, 1.165) is 0 Å². The summed E-state index contributed by atoms with van der Waals surface area (Å²) in [6, 6.07) is 2.59. The minimum absolute atomic E-state index is 0.199. The molecule has 0 heterocycles. The summed E-state index contributed by atoms with van der Waals surface area (Å²) in [6.45, 7) is 0. The van der Waals surface area contributed by atoms with E-state index in [1.165, 1.54) is 32.4 Å². The number of ether oxygens (including phenoxy) is 2. The Balaban J connectivity index is 2.38. The number of hydrogen-bond acceptors (Lipinski definition) is 4.